The van der Waals surface area contributed by atoms with Crippen molar-refractivity contribution >= 4 is 8.07 Å². The molecule has 0 heterocycles. The Kier molecular flexibility index (Phi) is 6.76. The van der Waals surface area contributed by atoms with Gasteiger partial charge in [0.2, 0.25) is 0 Å². The average molecular weight is 284 g/mol. The molecule has 0 bridgehead atoms. The highest BCUT2D eigenvalue weighted by molar-refractivity contribution is 6.76. The molecule has 0 aromatic carbocycles. The highest BCUT2D eigenvalue weighted by Crippen LogP contribution is 2.26. The van der Waals surface area contributed by atoms with Gasteiger partial charge in [0.15, 0.2) is 0 Å². The van der Waals surface area contributed by atoms with Gasteiger partial charge in [-0.05, 0) is 6.04 Å². The third-order valence-electron chi connectivity index (χ3n) is 2.19. The first-order valence-electron chi connectivity index (χ1n) is 5.80. The zero-order valence-corrected chi connectivity index (χ0v) is 12.7. The van der Waals surface area contributed by atoms with E-state index in [1.165, 1.54) is 14.1 Å². The van der Waals surface area contributed by atoms with Crippen LogP contribution in [0.5, 0.6) is 0 Å². The van der Waals surface area contributed by atoms with Crippen LogP contribution in [0.4, 0.5) is 13.2 Å². The molecule has 0 unspecified atom stereocenters. The van der Waals surface area contributed by atoms with Gasteiger partial charge < -0.3 is 15.0 Å². The number of alkyl halides is 3. The van der Waals surface area contributed by atoms with Gasteiger partial charge in [0.1, 0.15) is 12.4 Å². The molecule has 0 amide bonds. The predicted molar refractivity (Wildman–Crippen MR) is 69.9 cm³/mol. The van der Waals surface area contributed by atoms with E-state index < -0.39 is 19.9 Å². The predicted octanol–water partition coefficient (Wildman–Crippen LogP) is 2.85. The molecule has 1 N–H and O–H groups in total. The van der Waals surface area contributed by atoms with E-state index in [-0.39, 0.29) is 6.73 Å². The lowest BCUT2D eigenvalue weighted by Crippen LogP contribution is -2.28. The number of allylic oxidation sites excluding steroid dienone is 1. The van der Waals surface area contributed by atoms with Crippen molar-refractivity contribution in [2.24, 2.45) is 0 Å². The molecule has 3 nitrogen and oxygen atoms in total. The number of halogens is 3. The highest BCUT2D eigenvalue weighted by Gasteiger charge is 2.35. The van der Waals surface area contributed by atoms with Crippen molar-refractivity contribution in [3.05, 3.63) is 11.9 Å². The third kappa shape index (κ3) is 8.41. The summed E-state index contributed by atoms with van der Waals surface area (Å²) < 4.78 is 42.8. The summed E-state index contributed by atoms with van der Waals surface area (Å²) in [7, 11) is 1.57. The zero-order valence-electron chi connectivity index (χ0n) is 11.7. The van der Waals surface area contributed by atoms with E-state index in [0.717, 1.165) is 17.1 Å². The quantitative estimate of drug-likeness (QED) is 0.442. The zero-order chi connectivity index (χ0) is 14.4. The minimum Gasteiger partial charge on any atom is -0.372 e. The minimum atomic E-state index is -4.35. The van der Waals surface area contributed by atoms with E-state index in [0.29, 0.717) is 6.61 Å². The first kappa shape index (κ1) is 17.3. The fraction of sp³-hybridized carbons (Fsp3) is 0.818. The van der Waals surface area contributed by atoms with Gasteiger partial charge in [-0.15, -0.1) is 0 Å². The average Bonchev–Trinajstić information content (AvgIpc) is 2.11. The number of hydrogen-bond donors (Lipinski definition) is 1. The number of nitrogens with zero attached hydrogens (tertiary/aromatic N) is 1. The normalized spacial score (nSPS) is 13.7. The molecule has 0 aliphatic rings. The number of rotatable bonds is 7. The standard InChI is InChI=1S/C11H23F3N2OSi/c1-16(2)10(11(12,13)14)8-15-9-17-6-7-18(3,4)5/h8,15H,6-7,9H2,1-5H3/b10-8-. The van der Waals surface area contributed by atoms with E-state index in [1.807, 2.05) is 0 Å². The molecule has 0 aliphatic heterocycles. The van der Waals surface area contributed by atoms with Crippen LogP contribution in [0.15, 0.2) is 11.9 Å². The lowest BCUT2D eigenvalue weighted by molar-refractivity contribution is -0.108. The summed E-state index contributed by atoms with van der Waals surface area (Å²) in [6.45, 7) is 7.34. The summed E-state index contributed by atoms with van der Waals surface area (Å²) >= 11 is 0. The van der Waals surface area contributed by atoms with Gasteiger partial charge in [0.05, 0.1) is 0 Å². The van der Waals surface area contributed by atoms with Crippen LogP contribution in [0.25, 0.3) is 0 Å². The molecule has 18 heavy (non-hydrogen) atoms. The topological polar surface area (TPSA) is 24.5 Å². The maximum absolute atomic E-state index is 12.5. The molecule has 0 aromatic rings. The van der Waals surface area contributed by atoms with Crippen LogP contribution in [0, 0.1) is 0 Å². The van der Waals surface area contributed by atoms with Crippen LogP contribution in [-0.2, 0) is 4.74 Å². The van der Waals surface area contributed by atoms with Gasteiger partial charge in [0.25, 0.3) is 0 Å². The smallest absolute Gasteiger partial charge is 0.372 e. The van der Waals surface area contributed by atoms with E-state index >= 15 is 0 Å². The maximum atomic E-state index is 12.5. The Morgan fingerprint density at radius 3 is 2.22 bits per heavy atom. The van der Waals surface area contributed by atoms with Gasteiger partial charge >= 0.3 is 6.18 Å². The Hall–Kier alpha value is -0.693. The van der Waals surface area contributed by atoms with Crippen molar-refractivity contribution < 1.29 is 17.9 Å². The summed E-state index contributed by atoms with van der Waals surface area (Å²) in [5, 5.41) is 2.53. The van der Waals surface area contributed by atoms with Crippen molar-refractivity contribution in [2.45, 2.75) is 31.9 Å². The van der Waals surface area contributed by atoms with Crippen molar-refractivity contribution in [2.75, 3.05) is 27.4 Å². The van der Waals surface area contributed by atoms with E-state index in [4.69, 9.17) is 4.74 Å². The fourth-order valence-corrected chi connectivity index (χ4v) is 1.87. The monoisotopic (exact) mass is 284 g/mol. The fourth-order valence-electron chi connectivity index (χ4n) is 1.11. The molecule has 108 valence electrons. The van der Waals surface area contributed by atoms with Crippen LogP contribution in [0.3, 0.4) is 0 Å². The summed E-state index contributed by atoms with van der Waals surface area (Å²) in [5.74, 6) is 0. The summed E-state index contributed by atoms with van der Waals surface area (Å²) in [6.07, 6.45) is -3.41. The Bertz CT molecular complexity index is 272. The molecule has 0 saturated heterocycles. The van der Waals surface area contributed by atoms with Crippen LogP contribution in [-0.4, -0.2) is 46.6 Å². The highest BCUT2D eigenvalue weighted by atomic mass is 28.3. The van der Waals surface area contributed by atoms with Crippen LogP contribution >= 0.6 is 0 Å². The molecule has 0 spiro atoms. The Balaban J connectivity index is 4.00. The van der Waals surface area contributed by atoms with Crippen molar-refractivity contribution in [1.29, 1.82) is 0 Å². The second-order valence-electron chi connectivity index (χ2n) is 5.49. The molecule has 7 heteroatoms. The lowest BCUT2D eigenvalue weighted by atomic mass is 10.4. The second kappa shape index (κ2) is 7.03. The lowest BCUT2D eigenvalue weighted by Gasteiger charge is -2.20. The summed E-state index contributed by atoms with van der Waals surface area (Å²) in [5.41, 5.74) is -0.726. The maximum Gasteiger partial charge on any atom is 0.432 e. The molecule has 0 radical (unpaired) electrons. The van der Waals surface area contributed by atoms with Gasteiger partial charge in [0, 0.05) is 35.0 Å². The largest absolute Gasteiger partial charge is 0.432 e. The summed E-state index contributed by atoms with van der Waals surface area (Å²) in [6, 6.07) is 0.998. The third-order valence-corrected chi connectivity index (χ3v) is 3.90. The number of ether oxygens (including phenoxy) is 1. The molecular weight excluding hydrogens is 261 g/mol. The van der Waals surface area contributed by atoms with Crippen molar-refractivity contribution in [3.8, 4) is 0 Å². The Morgan fingerprint density at radius 1 is 1.28 bits per heavy atom. The van der Waals surface area contributed by atoms with Crippen LogP contribution in [0.1, 0.15) is 0 Å². The van der Waals surface area contributed by atoms with Crippen molar-refractivity contribution in [1.82, 2.24) is 10.2 Å². The molecule has 0 rings (SSSR count). The molecule has 0 saturated carbocycles. The Morgan fingerprint density at radius 2 is 1.83 bits per heavy atom. The van der Waals surface area contributed by atoms with Gasteiger partial charge in [-0.25, -0.2) is 0 Å². The van der Waals surface area contributed by atoms with Crippen molar-refractivity contribution in [3.63, 3.8) is 0 Å². The first-order chi connectivity index (χ1) is 8.04. The van der Waals surface area contributed by atoms with E-state index in [2.05, 4.69) is 25.0 Å². The molecule has 0 aliphatic carbocycles. The number of nitrogens with one attached hydrogen (secondary N) is 1. The second-order valence-corrected chi connectivity index (χ2v) is 11.1. The van der Waals surface area contributed by atoms with Gasteiger partial charge in [-0.2, -0.15) is 13.2 Å². The van der Waals surface area contributed by atoms with Gasteiger partial charge in [-0.1, -0.05) is 19.6 Å². The van der Waals surface area contributed by atoms with E-state index in [9.17, 15) is 13.2 Å². The molecule has 0 atom stereocenters. The Labute approximate surface area is 108 Å². The van der Waals surface area contributed by atoms with Crippen LogP contribution < -0.4 is 5.32 Å². The SMILES string of the molecule is CN(C)/C(=C\NCOCC[Si](C)(C)C)C(F)(F)F. The minimum absolute atomic E-state index is 0.0951. The number of hydrogen-bond acceptors (Lipinski definition) is 3. The summed E-state index contributed by atoms with van der Waals surface area (Å²) in [4.78, 5) is 1.02. The molecule has 0 aromatic heterocycles. The van der Waals surface area contributed by atoms with E-state index in [1.54, 1.807) is 0 Å². The molecular formula is C11H23F3N2OSi. The van der Waals surface area contributed by atoms with Gasteiger partial charge in [-0.3, -0.25) is 0 Å². The molecule has 0 fully saturated rings. The first-order valence-corrected chi connectivity index (χ1v) is 9.50. The van der Waals surface area contributed by atoms with Crippen LogP contribution in [0.2, 0.25) is 25.7 Å².